The summed E-state index contributed by atoms with van der Waals surface area (Å²) in [6.45, 7) is 2.78. The van der Waals surface area contributed by atoms with E-state index in [-0.39, 0.29) is 6.04 Å². The summed E-state index contributed by atoms with van der Waals surface area (Å²) >= 11 is 11.1. The largest absolute Gasteiger partial charge is 0.306 e. The zero-order chi connectivity index (χ0) is 15.6. The number of rotatable bonds is 5. The summed E-state index contributed by atoms with van der Waals surface area (Å²) in [6, 6.07) is 8.83. The van der Waals surface area contributed by atoms with Gasteiger partial charge in [0.2, 0.25) is 0 Å². The number of hydrogen-bond donors (Lipinski definition) is 1. The van der Waals surface area contributed by atoms with E-state index >= 15 is 0 Å². The van der Waals surface area contributed by atoms with Crippen LogP contribution in [0.25, 0.3) is 0 Å². The van der Waals surface area contributed by atoms with Crippen LogP contribution in [0.1, 0.15) is 23.4 Å². The van der Waals surface area contributed by atoms with Gasteiger partial charge in [-0.2, -0.15) is 0 Å². The van der Waals surface area contributed by atoms with E-state index in [1.165, 1.54) is 6.26 Å². The van der Waals surface area contributed by atoms with Crippen LogP contribution in [0.4, 0.5) is 0 Å². The maximum absolute atomic E-state index is 11.7. The monoisotopic (exact) mass is 407 g/mol. The van der Waals surface area contributed by atoms with Crippen LogP contribution >= 0.6 is 38.9 Å². The van der Waals surface area contributed by atoms with E-state index in [0.29, 0.717) is 9.92 Å². The molecule has 114 valence electrons. The van der Waals surface area contributed by atoms with Gasteiger partial charge in [0.25, 0.3) is 0 Å². The molecular formula is C14H15BrClNO2S2. The Bertz CT molecular complexity index is 724. The Balaban J connectivity index is 2.48. The summed E-state index contributed by atoms with van der Waals surface area (Å²) in [4.78, 5) is 1.36. The van der Waals surface area contributed by atoms with Crippen LogP contribution in [0.5, 0.6) is 0 Å². The third kappa shape index (κ3) is 4.07. The summed E-state index contributed by atoms with van der Waals surface area (Å²) in [5.41, 5.74) is 0.908. The maximum Gasteiger partial charge on any atom is 0.175 e. The van der Waals surface area contributed by atoms with Crippen molar-refractivity contribution in [2.75, 3.05) is 12.8 Å². The van der Waals surface area contributed by atoms with Crippen molar-refractivity contribution < 1.29 is 8.42 Å². The van der Waals surface area contributed by atoms with Crippen LogP contribution in [-0.4, -0.2) is 21.2 Å². The second-order valence-corrected chi connectivity index (χ2v) is 9.43. The van der Waals surface area contributed by atoms with E-state index in [9.17, 15) is 8.42 Å². The second-order valence-electron chi connectivity index (χ2n) is 4.61. The Kier molecular flexibility index (Phi) is 5.48. The molecule has 2 aromatic rings. The fourth-order valence-corrected chi connectivity index (χ4v) is 4.54. The van der Waals surface area contributed by atoms with Crippen LogP contribution < -0.4 is 5.32 Å². The van der Waals surface area contributed by atoms with Gasteiger partial charge < -0.3 is 5.32 Å². The average Bonchev–Trinajstić information content (AvgIpc) is 2.75. The highest BCUT2D eigenvalue weighted by atomic mass is 79.9. The molecule has 1 atom stereocenters. The molecule has 1 N–H and O–H groups in total. The van der Waals surface area contributed by atoms with E-state index < -0.39 is 9.84 Å². The van der Waals surface area contributed by atoms with Gasteiger partial charge in [-0.05, 0) is 46.2 Å². The van der Waals surface area contributed by atoms with Crippen molar-refractivity contribution in [3.63, 3.8) is 0 Å². The van der Waals surface area contributed by atoms with E-state index in [4.69, 9.17) is 11.6 Å². The molecule has 1 aromatic carbocycles. The molecule has 1 heterocycles. The lowest BCUT2D eigenvalue weighted by Gasteiger charge is -2.17. The first-order chi connectivity index (χ1) is 9.82. The SMILES string of the molecule is CCNC(c1cccc(S(C)(=O)=O)c1)c1cc(Cl)c(Br)s1. The highest BCUT2D eigenvalue weighted by Crippen LogP contribution is 2.37. The lowest BCUT2D eigenvalue weighted by molar-refractivity contribution is 0.600. The highest BCUT2D eigenvalue weighted by molar-refractivity contribution is 9.11. The Morgan fingerprint density at radius 3 is 2.62 bits per heavy atom. The third-order valence-corrected chi connectivity index (χ3v) is 6.63. The molecule has 3 nitrogen and oxygen atoms in total. The first-order valence-electron chi connectivity index (χ1n) is 6.31. The Labute approximate surface area is 142 Å². The van der Waals surface area contributed by atoms with E-state index in [1.807, 2.05) is 19.1 Å². The standard InChI is InChI=1S/C14H15BrClNO2S2/c1-3-17-13(12-8-11(16)14(15)20-12)9-5-4-6-10(7-9)21(2,18)19/h4-8,13,17H,3H2,1-2H3. The predicted molar refractivity (Wildman–Crippen MR) is 92.1 cm³/mol. The molecule has 2 rings (SSSR count). The van der Waals surface area contributed by atoms with Gasteiger partial charge in [0, 0.05) is 11.1 Å². The fourth-order valence-electron chi connectivity index (χ4n) is 2.02. The smallest absolute Gasteiger partial charge is 0.175 e. The lowest BCUT2D eigenvalue weighted by atomic mass is 10.1. The molecule has 0 spiro atoms. The molecule has 0 bridgehead atoms. The number of thiophene rings is 1. The van der Waals surface area contributed by atoms with Gasteiger partial charge in [-0.25, -0.2) is 8.42 Å². The Hall–Kier alpha value is -0.400. The van der Waals surface area contributed by atoms with Crippen molar-refractivity contribution in [2.45, 2.75) is 17.9 Å². The molecule has 0 aliphatic rings. The zero-order valence-electron chi connectivity index (χ0n) is 11.6. The summed E-state index contributed by atoms with van der Waals surface area (Å²) in [5, 5.41) is 4.03. The Morgan fingerprint density at radius 2 is 2.10 bits per heavy atom. The van der Waals surface area contributed by atoms with Gasteiger partial charge >= 0.3 is 0 Å². The van der Waals surface area contributed by atoms with Crippen molar-refractivity contribution in [1.82, 2.24) is 5.32 Å². The third-order valence-electron chi connectivity index (χ3n) is 2.98. The van der Waals surface area contributed by atoms with Crippen LogP contribution in [-0.2, 0) is 9.84 Å². The van der Waals surface area contributed by atoms with Crippen LogP contribution in [0.15, 0.2) is 39.0 Å². The van der Waals surface area contributed by atoms with Gasteiger partial charge in [0.05, 0.1) is 19.7 Å². The number of halogens is 2. The van der Waals surface area contributed by atoms with E-state index in [2.05, 4.69) is 21.2 Å². The first-order valence-corrected chi connectivity index (χ1v) is 10.2. The van der Waals surface area contributed by atoms with Crippen LogP contribution in [0.2, 0.25) is 5.02 Å². The second kappa shape index (κ2) is 6.79. The minimum atomic E-state index is -3.22. The molecule has 0 amide bonds. The molecule has 21 heavy (non-hydrogen) atoms. The van der Waals surface area contributed by atoms with Crippen molar-refractivity contribution in [2.24, 2.45) is 0 Å². The fraction of sp³-hybridized carbons (Fsp3) is 0.286. The maximum atomic E-state index is 11.7. The first kappa shape index (κ1) is 17.0. The molecular weight excluding hydrogens is 394 g/mol. The normalized spacial score (nSPS) is 13.3. The summed E-state index contributed by atoms with van der Waals surface area (Å²) in [5.74, 6) is 0. The molecule has 1 unspecified atom stereocenters. The minimum Gasteiger partial charge on any atom is -0.306 e. The minimum absolute atomic E-state index is 0.0782. The number of sulfone groups is 1. The van der Waals surface area contributed by atoms with Gasteiger partial charge in [0.1, 0.15) is 0 Å². The van der Waals surface area contributed by atoms with Gasteiger partial charge in [-0.1, -0.05) is 30.7 Å². The number of nitrogens with one attached hydrogen (secondary N) is 1. The molecule has 0 fully saturated rings. The summed E-state index contributed by atoms with van der Waals surface area (Å²) in [7, 11) is -3.22. The van der Waals surface area contributed by atoms with Crippen molar-refractivity contribution >= 4 is 48.7 Å². The van der Waals surface area contributed by atoms with E-state index in [0.717, 1.165) is 20.8 Å². The summed E-state index contributed by atoms with van der Waals surface area (Å²) in [6.07, 6.45) is 1.22. The highest BCUT2D eigenvalue weighted by Gasteiger charge is 2.19. The van der Waals surface area contributed by atoms with Crippen LogP contribution in [0, 0.1) is 0 Å². The molecule has 0 saturated heterocycles. The molecule has 1 aromatic heterocycles. The summed E-state index contributed by atoms with van der Waals surface area (Å²) < 4.78 is 24.3. The van der Waals surface area contributed by atoms with Gasteiger partial charge in [-0.3, -0.25) is 0 Å². The van der Waals surface area contributed by atoms with Gasteiger partial charge in [-0.15, -0.1) is 11.3 Å². The van der Waals surface area contributed by atoms with Crippen molar-refractivity contribution in [3.05, 3.63) is 49.6 Å². The predicted octanol–water partition coefficient (Wildman–Crippen LogP) is 4.27. The molecule has 0 saturated carbocycles. The molecule has 7 heteroatoms. The lowest BCUT2D eigenvalue weighted by Crippen LogP contribution is -2.21. The quantitative estimate of drug-likeness (QED) is 0.804. The Morgan fingerprint density at radius 1 is 1.38 bits per heavy atom. The van der Waals surface area contributed by atoms with Gasteiger partial charge in [0.15, 0.2) is 9.84 Å². The van der Waals surface area contributed by atoms with Crippen molar-refractivity contribution in [1.29, 1.82) is 0 Å². The topological polar surface area (TPSA) is 46.2 Å². The number of hydrogen-bond acceptors (Lipinski definition) is 4. The van der Waals surface area contributed by atoms with Crippen molar-refractivity contribution in [3.8, 4) is 0 Å². The molecule has 0 aliphatic carbocycles. The average molecular weight is 409 g/mol. The molecule has 0 radical (unpaired) electrons. The number of benzene rings is 1. The van der Waals surface area contributed by atoms with E-state index in [1.54, 1.807) is 29.5 Å². The van der Waals surface area contributed by atoms with Crippen LogP contribution in [0.3, 0.4) is 0 Å². The zero-order valence-corrected chi connectivity index (χ0v) is 15.5. The molecule has 0 aliphatic heterocycles.